The van der Waals surface area contributed by atoms with Crippen molar-refractivity contribution in [3.05, 3.63) is 18.2 Å². The van der Waals surface area contributed by atoms with Crippen molar-refractivity contribution in [2.75, 3.05) is 13.2 Å². The summed E-state index contributed by atoms with van der Waals surface area (Å²) in [4.78, 5) is 0. The van der Waals surface area contributed by atoms with Gasteiger partial charge in [-0.05, 0) is 32.9 Å². The molecule has 5 nitrogen and oxygen atoms in total. The highest BCUT2D eigenvalue weighted by molar-refractivity contribution is 5.43. The second-order valence-corrected chi connectivity index (χ2v) is 5.46. The minimum absolute atomic E-state index is 0.155. The Morgan fingerprint density at radius 2 is 1.84 bits per heavy atom. The molecule has 0 amide bonds. The lowest BCUT2D eigenvalue weighted by Crippen LogP contribution is -2.48. The van der Waals surface area contributed by atoms with Crippen LogP contribution in [0.5, 0.6) is 17.2 Å². The molecule has 1 rings (SSSR count). The Hall–Kier alpha value is -1.53. The Bertz CT molecular complexity index is 429. The summed E-state index contributed by atoms with van der Waals surface area (Å²) in [6.07, 6.45) is 0. The molecule has 0 spiro atoms. The van der Waals surface area contributed by atoms with Gasteiger partial charge in [-0.3, -0.25) is 0 Å². The zero-order valence-electron chi connectivity index (χ0n) is 11.3. The molecule has 0 aliphatic carbocycles. The standard InChI is InChI=1S/C13H20FNO4/c1-12(2,3)15-7-13(14,18)8-19-9-4-5-10(16)11(17)6-9/h4-6,15-18H,7-8H2,1-3H3. The number of benzene rings is 1. The number of phenols is 2. The van der Waals surface area contributed by atoms with Crippen LogP contribution < -0.4 is 10.1 Å². The molecule has 1 aromatic rings. The zero-order valence-corrected chi connectivity index (χ0v) is 11.3. The van der Waals surface area contributed by atoms with E-state index in [0.29, 0.717) is 0 Å². The summed E-state index contributed by atoms with van der Waals surface area (Å²) in [7, 11) is 0. The fourth-order valence-corrected chi connectivity index (χ4v) is 1.24. The van der Waals surface area contributed by atoms with Gasteiger partial charge in [0, 0.05) is 11.6 Å². The van der Waals surface area contributed by atoms with Crippen LogP contribution in [0.15, 0.2) is 18.2 Å². The molecule has 0 heterocycles. The molecule has 6 heteroatoms. The summed E-state index contributed by atoms with van der Waals surface area (Å²) in [6.45, 7) is 4.69. The molecular formula is C13H20FNO4. The van der Waals surface area contributed by atoms with Gasteiger partial charge >= 0.3 is 0 Å². The molecule has 0 saturated heterocycles. The van der Waals surface area contributed by atoms with E-state index in [-0.39, 0.29) is 29.3 Å². The maximum atomic E-state index is 13.7. The molecule has 0 radical (unpaired) electrons. The van der Waals surface area contributed by atoms with Crippen LogP contribution in [-0.4, -0.2) is 39.9 Å². The summed E-state index contributed by atoms with van der Waals surface area (Å²) in [6, 6.07) is 3.72. The molecule has 0 bridgehead atoms. The first kappa shape index (κ1) is 15.5. The second kappa shape index (κ2) is 5.63. The molecular weight excluding hydrogens is 253 g/mol. The van der Waals surface area contributed by atoms with Crippen LogP contribution in [0.25, 0.3) is 0 Å². The summed E-state index contributed by atoms with van der Waals surface area (Å²) in [5.74, 6) is -3.03. The predicted molar refractivity (Wildman–Crippen MR) is 69.1 cm³/mol. The molecule has 19 heavy (non-hydrogen) atoms. The third-order valence-electron chi connectivity index (χ3n) is 2.30. The van der Waals surface area contributed by atoms with E-state index in [1.54, 1.807) is 0 Å². The molecule has 1 atom stereocenters. The van der Waals surface area contributed by atoms with Crippen molar-refractivity contribution in [1.29, 1.82) is 0 Å². The van der Waals surface area contributed by atoms with Crippen LogP contribution in [0.3, 0.4) is 0 Å². The fraction of sp³-hybridized carbons (Fsp3) is 0.538. The Kier molecular flexibility index (Phi) is 4.60. The van der Waals surface area contributed by atoms with Gasteiger partial charge in [0.15, 0.2) is 11.5 Å². The third-order valence-corrected chi connectivity index (χ3v) is 2.30. The number of aromatic hydroxyl groups is 2. The van der Waals surface area contributed by atoms with E-state index in [1.807, 2.05) is 20.8 Å². The average Bonchev–Trinajstić information content (AvgIpc) is 2.28. The van der Waals surface area contributed by atoms with E-state index in [2.05, 4.69) is 5.32 Å². The largest absolute Gasteiger partial charge is 0.504 e. The monoisotopic (exact) mass is 273 g/mol. The van der Waals surface area contributed by atoms with Gasteiger partial charge < -0.3 is 25.4 Å². The molecule has 0 fully saturated rings. The molecule has 0 aliphatic rings. The maximum absolute atomic E-state index is 13.7. The van der Waals surface area contributed by atoms with Gasteiger partial charge in [-0.2, -0.15) is 0 Å². The van der Waals surface area contributed by atoms with Crippen molar-refractivity contribution in [2.24, 2.45) is 0 Å². The normalized spacial score (nSPS) is 15.0. The summed E-state index contributed by atoms with van der Waals surface area (Å²) in [5, 5.41) is 30.7. The predicted octanol–water partition coefficient (Wildman–Crippen LogP) is 1.52. The fourth-order valence-electron chi connectivity index (χ4n) is 1.24. The first-order valence-electron chi connectivity index (χ1n) is 5.90. The van der Waals surface area contributed by atoms with E-state index in [1.165, 1.54) is 12.1 Å². The van der Waals surface area contributed by atoms with Gasteiger partial charge in [-0.1, -0.05) is 0 Å². The van der Waals surface area contributed by atoms with Crippen molar-refractivity contribution >= 4 is 0 Å². The first-order valence-corrected chi connectivity index (χ1v) is 5.90. The van der Waals surface area contributed by atoms with Gasteiger partial charge in [-0.25, -0.2) is 4.39 Å². The zero-order chi connectivity index (χ0) is 14.7. The number of rotatable bonds is 5. The molecule has 0 aromatic heterocycles. The highest BCUT2D eigenvalue weighted by Gasteiger charge is 2.29. The van der Waals surface area contributed by atoms with Crippen LogP contribution in [0.4, 0.5) is 4.39 Å². The second-order valence-electron chi connectivity index (χ2n) is 5.46. The van der Waals surface area contributed by atoms with Gasteiger partial charge in [0.2, 0.25) is 0 Å². The maximum Gasteiger partial charge on any atom is 0.253 e. The number of nitrogens with one attached hydrogen (secondary N) is 1. The van der Waals surface area contributed by atoms with Crippen molar-refractivity contribution < 1.29 is 24.4 Å². The highest BCUT2D eigenvalue weighted by Crippen LogP contribution is 2.29. The number of alkyl halides is 1. The quantitative estimate of drug-likeness (QED) is 0.612. The third kappa shape index (κ3) is 5.76. The van der Waals surface area contributed by atoms with Gasteiger partial charge in [-0.15, -0.1) is 0 Å². The van der Waals surface area contributed by atoms with Gasteiger partial charge in [0.1, 0.15) is 12.4 Å². The lowest BCUT2D eigenvalue weighted by atomic mass is 10.1. The summed E-state index contributed by atoms with van der Waals surface area (Å²) >= 11 is 0. The Morgan fingerprint density at radius 1 is 1.21 bits per heavy atom. The Balaban J connectivity index is 2.52. The van der Waals surface area contributed by atoms with E-state index in [0.717, 1.165) is 6.07 Å². The smallest absolute Gasteiger partial charge is 0.253 e. The van der Waals surface area contributed by atoms with E-state index < -0.39 is 12.5 Å². The Labute approximate surface area is 111 Å². The molecule has 4 N–H and O–H groups in total. The summed E-state index contributed by atoms with van der Waals surface area (Å²) < 4.78 is 18.8. The molecule has 1 aromatic carbocycles. The first-order chi connectivity index (χ1) is 8.59. The summed E-state index contributed by atoms with van der Waals surface area (Å²) in [5.41, 5.74) is -0.323. The lowest BCUT2D eigenvalue weighted by Gasteiger charge is -2.26. The average molecular weight is 273 g/mol. The number of phenolic OH excluding ortho intramolecular Hbond substituents is 2. The SMILES string of the molecule is CC(C)(C)NCC(O)(F)COc1ccc(O)c(O)c1. The van der Waals surface area contributed by atoms with Crippen molar-refractivity contribution in [1.82, 2.24) is 5.32 Å². The minimum Gasteiger partial charge on any atom is -0.504 e. The molecule has 108 valence electrons. The molecule has 0 saturated carbocycles. The number of hydrogen-bond donors (Lipinski definition) is 4. The topological polar surface area (TPSA) is 82.0 Å². The van der Waals surface area contributed by atoms with Crippen LogP contribution in [-0.2, 0) is 0 Å². The number of ether oxygens (including phenoxy) is 1. The van der Waals surface area contributed by atoms with Crippen LogP contribution in [0.1, 0.15) is 20.8 Å². The number of hydrogen-bond acceptors (Lipinski definition) is 5. The van der Waals surface area contributed by atoms with E-state index >= 15 is 0 Å². The number of aliphatic hydroxyl groups is 1. The van der Waals surface area contributed by atoms with Crippen LogP contribution >= 0.6 is 0 Å². The number of halogens is 1. The van der Waals surface area contributed by atoms with Gasteiger partial charge in [0.05, 0.1) is 6.54 Å². The molecule has 0 aliphatic heterocycles. The van der Waals surface area contributed by atoms with Crippen LogP contribution in [0, 0.1) is 0 Å². The number of β-amino-alcohol motifs (C(OH)–C–C–N with tert-alkyl or cyclic N) is 1. The van der Waals surface area contributed by atoms with Crippen LogP contribution in [0.2, 0.25) is 0 Å². The van der Waals surface area contributed by atoms with Crippen molar-refractivity contribution in [3.63, 3.8) is 0 Å². The lowest BCUT2D eigenvalue weighted by molar-refractivity contribution is -0.116. The van der Waals surface area contributed by atoms with E-state index in [9.17, 15) is 14.6 Å². The minimum atomic E-state index is -2.53. The van der Waals surface area contributed by atoms with Crippen molar-refractivity contribution in [2.45, 2.75) is 32.2 Å². The molecule has 1 unspecified atom stereocenters. The Morgan fingerprint density at radius 3 is 2.37 bits per heavy atom. The van der Waals surface area contributed by atoms with Gasteiger partial charge in [0.25, 0.3) is 5.85 Å². The highest BCUT2D eigenvalue weighted by atomic mass is 19.2. The van der Waals surface area contributed by atoms with E-state index in [4.69, 9.17) is 9.84 Å². The van der Waals surface area contributed by atoms with Crippen molar-refractivity contribution in [3.8, 4) is 17.2 Å².